The first-order valence-electron chi connectivity index (χ1n) is 17.7. The summed E-state index contributed by atoms with van der Waals surface area (Å²) in [7, 11) is 0. The summed E-state index contributed by atoms with van der Waals surface area (Å²) in [6.45, 7) is 17.7. The highest BCUT2D eigenvalue weighted by Crippen LogP contribution is 2.66. The molecule has 1 aliphatic heterocycles. The molecule has 6 nitrogen and oxygen atoms in total. The monoisotopic (exact) mass is 628 g/mol. The average molecular weight is 629 g/mol. The van der Waals surface area contributed by atoms with Crippen LogP contribution >= 0.6 is 0 Å². The largest absolute Gasteiger partial charge is 0.481 e. The van der Waals surface area contributed by atoms with Crippen molar-refractivity contribution in [2.45, 2.75) is 136 Å². The third-order valence-corrected chi connectivity index (χ3v) is 14.6. The van der Waals surface area contributed by atoms with Crippen LogP contribution in [0.1, 0.15) is 140 Å². The van der Waals surface area contributed by atoms with E-state index in [0.29, 0.717) is 54.6 Å². The number of carboxylic acid groups (broad SMARTS) is 1. The van der Waals surface area contributed by atoms with Crippen LogP contribution in [0, 0.1) is 34.0 Å². The Morgan fingerprint density at radius 1 is 0.957 bits per heavy atom. The second-order valence-electron chi connectivity index (χ2n) is 17.5. The fourth-order valence-corrected chi connectivity index (χ4v) is 12.2. The SMILES string of the molecule is C=C1CC[C@@H]2C(C)(C)CCC[C@]2(C(=O)O)[C@H]1CC1=C(C)C(O)CC[C@]12C(=O)Oc1ccc3c(c12)C(=O)C[C@H]1C(C)(C)CCC[C@]31C. The zero-order valence-corrected chi connectivity index (χ0v) is 28.7. The van der Waals surface area contributed by atoms with Crippen LogP contribution in [0.3, 0.4) is 0 Å². The van der Waals surface area contributed by atoms with Crippen LogP contribution in [0.25, 0.3) is 0 Å². The van der Waals surface area contributed by atoms with Crippen molar-refractivity contribution in [3.63, 3.8) is 0 Å². The molecule has 0 saturated heterocycles. The summed E-state index contributed by atoms with van der Waals surface area (Å²) in [5.74, 6) is -0.850. The van der Waals surface area contributed by atoms with Gasteiger partial charge in [-0.1, -0.05) is 65.7 Å². The summed E-state index contributed by atoms with van der Waals surface area (Å²) in [6.07, 6.45) is 7.82. The number of esters is 1. The number of aliphatic hydroxyl groups is 1. The highest BCUT2D eigenvalue weighted by molar-refractivity contribution is 6.07. The number of rotatable bonds is 3. The predicted molar refractivity (Wildman–Crippen MR) is 177 cm³/mol. The Morgan fingerprint density at radius 3 is 2.33 bits per heavy atom. The van der Waals surface area contributed by atoms with Gasteiger partial charge in [-0.15, -0.1) is 0 Å². The molecule has 0 bridgehead atoms. The molecule has 0 radical (unpaired) electrons. The summed E-state index contributed by atoms with van der Waals surface area (Å²) in [5.41, 5.74) is 2.20. The van der Waals surface area contributed by atoms with E-state index in [1.54, 1.807) is 0 Å². The zero-order chi connectivity index (χ0) is 33.2. The van der Waals surface area contributed by atoms with E-state index in [9.17, 15) is 24.6 Å². The van der Waals surface area contributed by atoms with E-state index < -0.39 is 28.9 Å². The van der Waals surface area contributed by atoms with E-state index in [-0.39, 0.29) is 39.8 Å². The Bertz CT molecular complexity index is 1590. The second-order valence-corrected chi connectivity index (χ2v) is 17.5. The normalized spacial score (nSPS) is 39.3. The Hall–Kier alpha value is -2.73. The van der Waals surface area contributed by atoms with Crippen LogP contribution in [0.15, 0.2) is 35.4 Å². The third-order valence-electron chi connectivity index (χ3n) is 14.6. The van der Waals surface area contributed by atoms with Crippen molar-refractivity contribution in [3.05, 3.63) is 52.1 Å². The first-order valence-corrected chi connectivity index (χ1v) is 17.7. The molecule has 3 saturated carbocycles. The summed E-state index contributed by atoms with van der Waals surface area (Å²) in [6, 6.07) is 3.94. The van der Waals surface area contributed by atoms with E-state index in [0.717, 1.165) is 61.7 Å². The molecule has 0 aromatic heterocycles. The van der Waals surface area contributed by atoms with E-state index in [1.165, 1.54) is 0 Å². The first kappa shape index (κ1) is 31.8. The van der Waals surface area contributed by atoms with E-state index in [1.807, 2.05) is 19.1 Å². The summed E-state index contributed by atoms with van der Waals surface area (Å²) < 4.78 is 6.12. The van der Waals surface area contributed by atoms with Gasteiger partial charge < -0.3 is 14.9 Å². The molecule has 1 aromatic carbocycles. The lowest BCUT2D eigenvalue weighted by Gasteiger charge is -2.57. The third kappa shape index (κ3) is 4.00. The van der Waals surface area contributed by atoms with Crippen LogP contribution < -0.4 is 4.74 Å². The second kappa shape index (κ2) is 10.1. The number of carbonyl (C=O) groups is 3. The number of hydrogen-bond donors (Lipinski definition) is 2. The number of aliphatic carboxylic acids is 1. The van der Waals surface area contributed by atoms with Crippen molar-refractivity contribution in [2.24, 2.45) is 34.0 Å². The minimum absolute atomic E-state index is 0.0178. The van der Waals surface area contributed by atoms with Crippen molar-refractivity contribution in [1.82, 2.24) is 0 Å². The summed E-state index contributed by atoms with van der Waals surface area (Å²) in [5, 5.41) is 22.4. The highest BCUT2D eigenvalue weighted by atomic mass is 16.5. The lowest BCUT2D eigenvalue weighted by Crippen LogP contribution is -2.56. The summed E-state index contributed by atoms with van der Waals surface area (Å²) >= 11 is 0. The molecule has 1 heterocycles. The molecule has 1 spiro atoms. The molecule has 1 aromatic rings. The van der Waals surface area contributed by atoms with Crippen molar-refractivity contribution in [2.75, 3.05) is 0 Å². The van der Waals surface area contributed by atoms with Gasteiger partial charge in [0.15, 0.2) is 5.78 Å². The maximum atomic E-state index is 14.5. The Kier molecular flexibility index (Phi) is 7.02. The maximum Gasteiger partial charge on any atom is 0.326 e. The van der Waals surface area contributed by atoms with Gasteiger partial charge in [0.25, 0.3) is 0 Å². The first-order chi connectivity index (χ1) is 21.5. The molecule has 5 aliphatic carbocycles. The molecule has 6 aliphatic rings. The van der Waals surface area contributed by atoms with Gasteiger partial charge in [0.1, 0.15) is 11.2 Å². The number of carbonyl (C=O) groups excluding carboxylic acids is 2. The van der Waals surface area contributed by atoms with E-state index >= 15 is 0 Å². The number of ketones is 1. The van der Waals surface area contributed by atoms with Gasteiger partial charge in [-0.05, 0) is 121 Å². The Balaban J connectivity index is 1.43. The van der Waals surface area contributed by atoms with Crippen molar-refractivity contribution in [3.8, 4) is 5.75 Å². The number of aliphatic hydroxyl groups excluding tert-OH is 1. The van der Waals surface area contributed by atoms with Gasteiger partial charge in [0, 0.05) is 17.5 Å². The molecule has 0 amide bonds. The van der Waals surface area contributed by atoms with Gasteiger partial charge in [0.2, 0.25) is 0 Å². The molecule has 1 unspecified atom stereocenters. The van der Waals surface area contributed by atoms with Crippen LogP contribution in [-0.4, -0.2) is 34.0 Å². The number of carboxylic acids is 1. The molecule has 248 valence electrons. The molecular formula is C40H52O6. The minimum Gasteiger partial charge on any atom is -0.481 e. The van der Waals surface area contributed by atoms with Gasteiger partial charge in [-0.25, -0.2) is 0 Å². The fourth-order valence-electron chi connectivity index (χ4n) is 12.2. The van der Waals surface area contributed by atoms with Gasteiger partial charge in [-0.2, -0.15) is 0 Å². The number of fused-ring (bicyclic) bond motifs is 7. The minimum atomic E-state index is -1.23. The van der Waals surface area contributed by atoms with E-state index in [4.69, 9.17) is 4.74 Å². The fraction of sp³-hybridized carbons (Fsp3) is 0.675. The van der Waals surface area contributed by atoms with Crippen molar-refractivity contribution in [1.29, 1.82) is 0 Å². The summed E-state index contributed by atoms with van der Waals surface area (Å²) in [4.78, 5) is 42.4. The molecule has 6 heteroatoms. The average Bonchev–Trinajstić information content (AvgIpc) is 3.26. The van der Waals surface area contributed by atoms with Gasteiger partial charge in [-0.3, -0.25) is 14.4 Å². The number of Topliss-reactive ketones (excluding diaryl/α,β-unsaturated/α-hetero) is 1. The molecule has 2 N–H and O–H groups in total. The number of benzene rings is 1. The molecule has 3 fully saturated rings. The standard InChI is InChI=1S/C40H52O6/c1-22-10-13-30-36(3,4)16-9-18-39(30,34(43)44)25(22)20-26-23(2)27(41)14-19-40(26)33-29(46-35(40)45)12-11-24-32(33)28(42)21-31-37(5,6)15-8-17-38(24,31)7/h11-12,25,27,30-31,41H,1,8-10,13-21H2,2-7H3,(H,43,44)/t25-,27?,30+,31-,38+,39-,40-/m0/s1. The number of hydrogen-bond acceptors (Lipinski definition) is 5. The predicted octanol–water partition coefficient (Wildman–Crippen LogP) is 8.24. The van der Waals surface area contributed by atoms with Crippen LogP contribution in [0.5, 0.6) is 5.75 Å². The van der Waals surface area contributed by atoms with Gasteiger partial charge in [0.05, 0.1) is 11.5 Å². The smallest absolute Gasteiger partial charge is 0.326 e. The molecular weight excluding hydrogens is 576 g/mol. The maximum absolute atomic E-state index is 14.5. The lowest BCUT2D eigenvalue weighted by molar-refractivity contribution is -0.170. The number of allylic oxidation sites excluding steroid dienone is 1. The van der Waals surface area contributed by atoms with Crippen LogP contribution in [0.2, 0.25) is 0 Å². The molecule has 7 atom stereocenters. The van der Waals surface area contributed by atoms with Crippen molar-refractivity contribution >= 4 is 17.7 Å². The quantitative estimate of drug-likeness (QED) is 0.199. The topological polar surface area (TPSA) is 101 Å². The Labute approximate surface area is 274 Å². The zero-order valence-electron chi connectivity index (χ0n) is 28.7. The van der Waals surface area contributed by atoms with Crippen molar-refractivity contribution < 1.29 is 29.3 Å². The highest BCUT2D eigenvalue weighted by Gasteiger charge is 2.64. The van der Waals surface area contributed by atoms with E-state index in [2.05, 4.69) is 41.2 Å². The Morgan fingerprint density at radius 2 is 1.63 bits per heavy atom. The van der Waals surface area contributed by atoms with Gasteiger partial charge >= 0.3 is 11.9 Å². The number of ether oxygens (including phenoxy) is 1. The lowest BCUT2D eigenvalue weighted by atomic mass is 9.45. The van der Waals surface area contributed by atoms with Crippen LogP contribution in [0.4, 0.5) is 0 Å². The molecule has 46 heavy (non-hydrogen) atoms. The van der Waals surface area contributed by atoms with Crippen LogP contribution in [-0.2, 0) is 20.4 Å². The molecule has 7 rings (SSSR count).